The quantitative estimate of drug-likeness (QED) is 0.492. The monoisotopic (exact) mass is 540 g/mol. The molecule has 3 aromatic rings. The van der Waals surface area contributed by atoms with Gasteiger partial charge in [-0.2, -0.15) is 0 Å². The first-order valence-corrected chi connectivity index (χ1v) is 15.1. The lowest BCUT2D eigenvalue weighted by atomic mass is 9.70. The number of benzene rings is 2. The number of urea groups is 1. The van der Waals surface area contributed by atoms with Gasteiger partial charge in [-0.1, -0.05) is 42.5 Å². The Balaban J connectivity index is 1.05. The molecule has 40 heavy (non-hydrogen) atoms. The van der Waals surface area contributed by atoms with Gasteiger partial charge in [0.1, 0.15) is 11.9 Å². The second-order valence-corrected chi connectivity index (χ2v) is 12.4. The van der Waals surface area contributed by atoms with E-state index in [2.05, 4.69) is 81.6 Å². The van der Waals surface area contributed by atoms with Crippen molar-refractivity contribution in [3.8, 4) is 0 Å². The van der Waals surface area contributed by atoms with E-state index in [1.165, 1.54) is 36.8 Å². The van der Waals surface area contributed by atoms with Gasteiger partial charge in [0.15, 0.2) is 0 Å². The standard InChI is InChI=1S/C32H40N6O2/c1-22-34-27-9-5-6-10-29(27)38(22)26-19-24-11-12-25(20-26)37(24)18-15-32(23-7-3-2-4-8-23)13-16-36(17-14-32)30(39)28-21-33-31(40)35-28/h2-10,24-26,28H,11-21H2,1H3,(H2,33,35,40)/t24-,25+,26?,28?. The number of aryl methyl sites for hydroxylation is 1. The van der Waals surface area contributed by atoms with Gasteiger partial charge in [-0.25, -0.2) is 9.78 Å². The molecule has 8 heteroatoms. The first-order chi connectivity index (χ1) is 19.5. The highest BCUT2D eigenvalue weighted by molar-refractivity contribution is 5.90. The number of piperidine rings is 2. The third-order valence-corrected chi connectivity index (χ3v) is 10.3. The van der Waals surface area contributed by atoms with Crippen LogP contribution in [0.1, 0.15) is 62.4 Å². The minimum absolute atomic E-state index is 0.0439. The van der Waals surface area contributed by atoms with E-state index in [-0.39, 0.29) is 17.4 Å². The highest BCUT2D eigenvalue weighted by atomic mass is 16.2. The number of imidazole rings is 1. The van der Waals surface area contributed by atoms with Crippen molar-refractivity contribution in [1.29, 1.82) is 0 Å². The average molecular weight is 541 g/mol. The van der Waals surface area contributed by atoms with Crippen molar-refractivity contribution in [2.75, 3.05) is 26.2 Å². The van der Waals surface area contributed by atoms with Crippen molar-refractivity contribution in [3.63, 3.8) is 0 Å². The average Bonchev–Trinajstić information content (AvgIpc) is 3.64. The Hall–Kier alpha value is -3.39. The number of nitrogens with zero attached hydrogens (tertiary/aromatic N) is 4. The summed E-state index contributed by atoms with van der Waals surface area (Å²) in [6, 6.07) is 20.6. The minimum atomic E-state index is -0.440. The zero-order valence-electron chi connectivity index (χ0n) is 23.4. The number of hydrogen-bond acceptors (Lipinski definition) is 4. The number of carbonyl (C=O) groups is 2. The summed E-state index contributed by atoms with van der Waals surface area (Å²) in [6.07, 6.45) is 8.00. The molecule has 0 spiro atoms. The van der Waals surface area contributed by atoms with E-state index in [9.17, 15) is 9.59 Å². The van der Waals surface area contributed by atoms with E-state index in [4.69, 9.17) is 4.98 Å². The highest BCUT2D eigenvalue weighted by Crippen LogP contribution is 2.45. The van der Waals surface area contributed by atoms with E-state index in [0.29, 0.717) is 24.7 Å². The summed E-state index contributed by atoms with van der Waals surface area (Å²) in [5.74, 6) is 1.18. The van der Waals surface area contributed by atoms with Crippen LogP contribution in [0.15, 0.2) is 54.6 Å². The molecule has 3 amide bonds. The van der Waals surface area contributed by atoms with Gasteiger partial charge in [0.25, 0.3) is 0 Å². The Bertz CT molecular complexity index is 1380. The van der Waals surface area contributed by atoms with Crippen LogP contribution in [-0.2, 0) is 10.2 Å². The Morgan fingerprint density at radius 1 is 0.975 bits per heavy atom. The molecular formula is C32H40N6O2. The van der Waals surface area contributed by atoms with Gasteiger partial charge in [0.2, 0.25) is 5.91 Å². The van der Waals surface area contributed by atoms with Crippen LogP contribution in [0.25, 0.3) is 11.0 Å². The summed E-state index contributed by atoms with van der Waals surface area (Å²) >= 11 is 0. The first-order valence-electron chi connectivity index (χ1n) is 15.1. The molecule has 5 heterocycles. The van der Waals surface area contributed by atoms with Crippen LogP contribution in [0.5, 0.6) is 0 Å². The maximum absolute atomic E-state index is 13.1. The van der Waals surface area contributed by atoms with E-state index >= 15 is 0 Å². The fourth-order valence-corrected chi connectivity index (χ4v) is 8.24. The van der Waals surface area contributed by atoms with Crippen molar-refractivity contribution in [2.24, 2.45) is 0 Å². The highest BCUT2D eigenvalue weighted by Gasteiger charge is 2.44. The van der Waals surface area contributed by atoms with Crippen LogP contribution in [0.2, 0.25) is 0 Å². The lowest BCUT2D eigenvalue weighted by Gasteiger charge is -2.46. The molecule has 4 saturated heterocycles. The molecule has 7 rings (SSSR count). The molecule has 0 radical (unpaired) electrons. The number of hydrogen-bond donors (Lipinski definition) is 2. The van der Waals surface area contributed by atoms with Crippen LogP contribution >= 0.6 is 0 Å². The molecule has 2 N–H and O–H groups in total. The molecule has 4 aliphatic rings. The molecule has 2 unspecified atom stereocenters. The first kappa shape index (κ1) is 25.6. The van der Waals surface area contributed by atoms with Gasteiger partial charge in [-0.3, -0.25) is 9.69 Å². The van der Waals surface area contributed by atoms with Crippen molar-refractivity contribution >= 4 is 23.0 Å². The predicted octanol–water partition coefficient (Wildman–Crippen LogP) is 4.14. The second-order valence-electron chi connectivity index (χ2n) is 12.4. The molecule has 8 nitrogen and oxygen atoms in total. The lowest BCUT2D eigenvalue weighted by molar-refractivity contribution is -0.134. The lowest BCUT2D eigenvalue weighted by Crippen LogP contribution is -2.52. The zero-order chi connectivity index (χ0) is 27.3. The van der Waals surface area contributed by atoms with E-state index in [1.807, 2.05) is 4.90 Å². The Kier molecular flexibility index (Phi) is 6.53. The third-order valence-electron chi connectivity index (χ3n) is 10.3. The molecule has 2 bridgehead atoms. The summed E-state index contributed by atoms with van der Waals surface area (Å²) in [4.78, 5) is 34.3. The van der Waals surface area contributed by atoms with Crippen LogP contribution in [0.3, 0.4) is 0 Å². The molecule has 4 fully saturated rings. The van der Waals surface area contributed by atoms with Crippen molar-refractivity contribution in [2.45, 2.75) is 81.5 Å². The number of fused-ring (bicyclic) bond motifs is 3. The number of likely N-dealkylation sites (tertiary alicyclic amines) is 1. The van der Waals surface area contributed by atoms with Gasteiger partial charge >= 0.3 is 6.03 Å². The minimum Gasteiger partial charge on any atom is -0.341 e. The van der Waals surface area contributed by atoms with Gasteiger partial charge < -0.3 is 20.1 Å². The van der Waals surface area contributed by atoms with Gasteiger partial charge in [-0.15, -0.1) is 0 Å². The summed E-state index contributed by atoms with van der Waals surface area (Å²) < 4.78 is 2.51. The summed E-state index contributed by atoms with van der Waals surface area (Å²) in [7, 11) is 0. The van der Waals surface area contributed by atoms with E-state index < -0.39 is 6.04 Å². The summed E-state index contributed by atoms with van der Waals surface area (Å²) in [6.45, 7) is 5.12. The van der Waals surface area contributed by atoms with Crippen molar-refractivity contribution < 1.29 is 9.59 Å². The number of aromatic nitrogens is 2. The maximum Gasteiger partial charge on any atom is 0.315 e. The van der Waals surface area contributed by atoms with Crippen LogP contribution in [0, 0.1) is 6.92 Å². The van der Waals surface area contributed by atoms with E-state index in [1.54, 1.807) is 0 Å². The maximum atomic E-state index is 13.1. The largest absolute Gasteiger partial charge is 0.341 e. The summed E-state index contributed by atoms with van der Waals surface area (Å²) in [5, 5.41) is 5.48. The molecule has 0 saturated carbocycles. The molecule has 210 valence electrons. The van der Waals surface area contributed by atoms with Crippen LogP contribution in [0.4, 0.5) is 4.79 Å². The number of nitrogens with one attached hydrogen (secondary N) is 2. The number of rotatable bonds is 6. The Morgan fingerprint density at radius 2 is 1.68 bits per heavy atom. The van der Waals surface area contributed by atoms with Crippen molar-refractivity contribution in [3.05, 3.63) is 66.0 Å². The number of amides is 3. The normalized spacial score (nSPS) is 28.0. The Labute approximate surface area is 236 Å². The molecule has 2 aromatic carbocycles. The zero-order valence-corrected chi connectivity index (χ0v) is 23.4. The fourth-order valence-electron chi connectivity index (χ4n) is 8.24. The molecule has 4 aliphatic heterocycles. The third kappa shape index (κ3) is 4.46. The molecule has 1 aromatic heterocycles. The predicted molar refractivity (Wildman–Crippen MR) is 155 cm³/mol. The second kappa shape index (κ2) is 10.2. The Morgan fingerprint density at radius 3 is 2.38 bits per heavy atom. The number of para-hydroxylation sites is 2. The van der Waals surface area contributed by atoms with Crippen LogP contribution < -0.4 is 10.6 Å². The SMILES string of the molecule is Cc1nc2ccccc2n1C1C[C@H]2CC[C@@H](C1)N2CCC1(c2ccccc2)CCN(C(=O)C2CNC(=O)N2)CC1. The molecule has 4 atom stereocenters. The van der Waals surface area contributed by atoms with E-state index in [0.717, 1.165) is 50.2 Å². The van der Waals surface area contributed by atoms with Crippen molar-refractivity contribution in [1.82, 2.24) is 30.0 Å². The number of carbonyl (C=O) groups excluding carboxylic acids is 2. The van der Waals surface area contributed by atoms with Gasteiger partial charge in [0.05, 0.1) is 11.0 Å². The van der Waals surface area contributed by atoms with Crippen LogP contribution in [-0.4, -0.2) is 75.6 Å². The summed E-state index contributed by atoms with van der Waals surface area (Å²) in [5.41, 5.74) is 3.86. The smallest absolute Gasteiger partial charge is 0.315 e. The van der Waals surface area contributed by atoms with Gasteiger partial charge in [-0.05, 0) is 81.5 Å². The van der Waals surface area contributed by atoms with Gasteiger partial charge in [0, 0.05) is 37.8 Å². The topological polar surface area (TPSA) is 82.5 Å². The molecule has 0 aliphatic carbocycles. The molecular weight excluding hydrogens is 500 g/mol. The fraction of sp³-hybridized carbons (Fsp3) is 0.531.